The minimum Gasteiger partial charge on any atom is -0.457 e. The van der Waals surface area contributed by atoms with Crippen molar-refractivity contribution < 1.29 is 9.84 Å². The van der Waals surface area contributed by atoms with Crippen molar-refractivity contribution in [3.63, 3.8) is 0 Å². The third-order valence-corrected chi connectivity index (χ3v) is 3.52. The lowest BCUT2D eigenvalue weighted by Crippen LogP contribution is -1.92. The summed E-state index contributed by atoms with van der Waals surface area (Å²) in [6, 6.07) is 13.7. The third-order valence-electron chi connectivity index (χ3n) is 3.17. The van der Waals surface area contributed by atoms with E-state index >= 15 is 0 Å². The van der Waals surface area contributed by atoms with Crippen molar-refractivity contribution in [2.24, 2.45) is 0 Å². The van der Waals surface area contributed by atoms with E-state index in [1.807, 2.05) is 36.4 Å². The summed E-state index contributed by atoms with van der Waals surface area (Å²) < 4.78 is 5.83. The van der Waals surface area contributed by atoms with E-state index in [-0.39, 0.29) is 6.61 Å². The van der Waals surface area contributed by atoms with E-state index in [2.05, 4.69) is 13.0 Å². The van der Waals surface area contributed by atoms with E-state index in [1.54, 1.807) is 0 Å². The number of ether oxygens (including phenoxy) is 1. The average molecular weight is 291 g/mol. The van der Waals surface area contributed by atoms with Gasteiger partial charge in [0.1, 0.15) is 11.5 Å². The first-order valence-corrected chi connectivity index (χ1v) is 7.27. The van der Waals surface area contributed by atoms with Gasteiger partial charge in [0.15, 0.2) is 0 Å². The van der Waals surface area contributed by atoms with Crippen molar-refractivity contribution in [3.8, 4) is 11.5 Å². The Morgan fingerprint density at radius 1 is 1.10 bits per heavy atom. The average Bonchev–Trinajstić information content (AvgIpc) is 2.47. The van der Waals surface area contributed by atoms with Crippen LogP contribution in [0.3, 0.4) is 0 Å². The Morgan fingerprint density at radius 3 is 2.60 bits per heavy atom. The molecule has 0 radical (unpaired) electrons. The van der Waals surface area contributed by atoms with E-state index in [1.165, 1.54) is 5.56 Å². The predicted octanol–water partition coefficient (Wildman–Crippen LogP) is 4.62. The highest BCUT2D eigenvalue weighted by molar-refractivity contribution is 6.31. The first-order valence-electron chi connectivity index (χ1n) is 6.89. The first kappa shape index (κ1) is 14.9. The number of aliphatic hydroxyl groups is 1. The molecule has 0 aromatic heterocycles. The number of aryl methyl sites for hydroxylation is 2. The lowest BCUT2D eigenvalue weighted by molar-refractivity contribution is 0.288. The number of rotatable bonds is 6. The molecule has 1 N–H and O–H groups in total. The molecule has 0 saturated carbocycles. The van der Waals surface area contributed by atoms with Crippen LogP contribution >= 0.6 is 11.6 Å². The van der Waals surface area contributed by atoms with Crippen LogP contribution in [0.1, 0.15) is 24.5 Å². The Balaban J connectivity index is 2.11. The van der Waals surface area contributed by atoms with E-state index in [0.29, 0.717) is 5.02 Å². The molecule has 0 aliphatic rings. The molecule has 2 aromatic carbocycles. The number of halogens is 1. The van der Waals surface area contributed by atoms with Gasteiger partial charge in [0.25, 0.3) is 0 Å². The lowest BCUT2D eigenvalue weighted by Gasteiger charge is -2.09. The Morgan fingerprint density at radius 2 is 1.90 bits per heavy atom. The van der Waals surface area contributed by atoms with Crippen LogP contribution in [0.25, 0.3) is 0 Å². The molecule has 3 heteroatoms. The highest BCUT2D eigenvalue weighted by Gasteiger charge is 2.04. The largest absolute Gasteiger partial charge is 0.457 e. The van der Waals surface area contributed by atoms with Crippen molar-refractivity contribution >= 4 is 11.6 Å². The van der Waals surface area contributed by atoms with Crippen molar-refractivity contribution in [2.75, 3.05) is 6.61 Å². The van der Waals surface area contributed by atoms with Crippen LogP contribution in [0.4, 0.5) is 0 Å². The molecule has 2 aromatic rings. The molecule has 0 saturated heterocycles. The summed E-state index contributed by atoms with van der Waals surface area (Å²) >= 11 is 6.23. The van der Waals surface area contributed by atoms with Gasteiger partial charge in [-0.3, -0.25) is 0 Å². The van der Waals surface area contributed by atoms with Crippen LogP contribution in [-0.4, -0.2) is 11.7 Å². The second-order valence-corrected chi connectivity index (χ2v) is 5.09. The summed E-state index contributed by atoms with van der Waals surface area (Å²) in [5.74, 6) is 1.56. The van der Waals surface area contributed by atoms with Crippen LogP contribution in [0.5, 0.6) is 11.5 Å². The molecular formula is C17H19ClO2. The molecule has 2 nitrogen and oxygen atoms in total. The number of hydrogen-bond acceptors (Lipinski definition) is 2. The van der Waals surface area contributed by atoms with Gasteiger partial charge in [0.05, 0.1) is 0 Å². The highest BCUT2D eigenvalue weighted by Crippen LogP contribution is 2.28. The molecule has 0 bridgehead atoms. The summed E-state index contributed by atoms with van der Waals surface area (Å²) in [6.07, 6.45) is 2.48. The first-order chi connectivity index (χ1) is 9.72. The van der Waals surface area contributed by atoms with E-state index in [4.69, 9.17) is 21.4 Å². The summed E-state index contributed by atoms with van der Waals surface area (Å²) in [7, 11) is 0. The minimum atomic E-state index is 0.179. The zero-order valence-corrected chi connectivity index (χ0v) is 12.4. The molecule has 106 valence electrons. The van der Waals surface area contributed by atoms with Gasteiger partial charge in [-0.1, -0.05) is 36.7 Å². The zero-order chi connectivity index (χ0) is 14.4. The molecule has 0 aliphatic carbocycles. The van der Waals surface area contributed by atoms with E-state index < -0.39 is 0 Å². The van der Waals surface area contributed by atoms with Gasteiger partial charge >= 0.3 is 0 Å². The Hall–Kier alpha value is -1.51. The van der Waals surface area contributed by atoms with Gasteiger partial charge < -0.3 is 9.84 Å². The molecule has 0 aliphatic heterocycles. The molecule has 0 amide bonds. The second kappa shape index (κ2) is 7.32. The van der Waals surface area contributed by atoms with Crippen LogP contribution in [0.15, 0.2) is 42.5 Å². The molecular weight excluding hydrogens is 272 g/mol. The molecule has 0 spiro atoms. The summed E-state index contributed by atoms with van der Waals surface area (Å²) in [4.78, 5) is 0. The maximum atomic E-state index is 8.85. The third kappa shape index (κ3) is 3.99. The van der Waals surface area contributed by atoms with Crippen molar-refractivity contribution in [2.45, 2.75) is 26.2 Å². The van der Waals surface area contributed by atoms with Crippen molar-refractivity contribution in [1.29, 1.82) is 0 Å². The molecule has 0 fully saturated rings. The number of benzene rings is 2. The van der Waals surface area contributed by atoms with Gasteiger partial charge in [0, 0.05) is 11.6 Å². The van der Waals surface area contributed by atoms with Crippen LogP contribution < -0.4 is 4.74 Å². The Kier molecular flexibility index (Phi) is 5.45. The molecule has 20 heavy (non-hydrogen) atoms. The predicted molar refractivity (Wildman–Crippen MR) is 82.8 cm³/mol. The SMILES string of the molecule is CCc1cccc(Oc2ccc(CCCO)c(Cl)c2)c1. The monoisotopic (exact) mass is 290 g/mol. The number of hydrogen-bond donors (Lipinski definition) is 1. The second-order valence-electron chi connectivity index (χ2n) is 4.68. The topological polar surface area (TPSA) is 29.5 Å². The van der Waals surface area contributed by atoms with Gasteiger partial charge in [-0.15, -0.1) is 0 Å². The zero-order valence-electron chi connectivity index (χ0n) is 11.6. The summed E-state index contributed by atoms with van der Waals surface area (Å²) in [5.41, 5.74) is 2.28. The summed E-state index contributed by atoms with van der Waals surface area (Å²) in [5, 5.41) is 9.53. The van der Waals surface area contributed by atoms with E-state index in [0.717, 1.165) is 36.3 Å². The van der Waals surface area contributed by atoms with Gasteiger partial charge in [-0.25, -0.2) is 0 Å². The maximum Gasteiger partial charge on any atom is 0.128 e. The molecule has 2 rings (SSSR count). The van der Waals surface area contributed by atoms with Crippen molar-refractivity contribution in [3.05, 3.63) is 58.6 Å². The Labute approximate surface area is 125 Å². The van der Waals surface area contributed by atoms with Crippen molar-refractivity contribution in [1.82, 2.24) is 0 Å². The Bertz CT molecular complexity index is 567. The fourth-order valence-electron chi connectivity index (χ4n) is 2.03. The van der Waals surface area contributed by atoms with Gasteiger partial charge in [-0.2, -0.15) is 0 Å². The number of aliphatic hydroxyl groups excluding tert-OH is 1. The fourth-order valence-corrected chi connectivity index (χ4v) is 2.29. The molecule has 0 unspecified atom stereocenters. The van der Waals surface area contributed by atoms with Gasteiger partial charge in [-0.05, 0) is 54.7 Å². The standard InChI is InChI=1S/C17H19ClO2/c1-2-13-5-3-7-15(11-13)20-16-9-8-14(6-4-10-19)17(18)12-16/h3,5,7-9,11-12,19H,2,4,6,10H2,1H3. The van der Waals surface area contributed by atoms with Gasteiger partial charge in [0.2, 0.25) is 0 Å². The summed E-state index contributed by atoms with van der Waals surface area (Å²) in [6.45, 7) is 2.30. The lowest BCUT2D eigenvalue weighted by atomic mass is 10.1. The minimum absolute atomic E-state index is 0.179. The van der Waals surface area contributed by atoms with Crippen LogP contribution in [0.2, 0.25) is 5.02 Å². The normalized spacial score (nSPS) is 10.6. The molecule has 0 heterocycles. The van der Waals surface area contributed by atoms with Crippen LogP contribution in [-0.2, 0) is 12.8 Å². The van der Waals surface area contributed by atoms with E-state index in [9.17, 15) is 0 Å². The molecule has 0 atom stereocenters. The maximum absolute atomic E-state index is 8.85. The quantitative estimate of drug-likeness (QED) is 0.841. The smallest absolute Gasteiger partial charge is 0.128 e. The van der Waals surface area contributed by atoms with Crippen LogP contribution in [0, 0.1) is 0 Å². The fraction of sp³-hybridized carbons (Fsp3) is 0.294. The highest BCUT2D eigenvalue weighted by atomic mass is 35.5.